The fourth-order valence-corrected chi connectivity index (χ4v) is 4.67. The number of benzene rings is 1. The maximum Gasteiger partial charge on any atom is 0.322 e. The predicted octanol–water partition coefficient (Wildman–Crippen LogP) is 5.72. The van der Waals surface area contributed by atoms with Gasteiger partial charge in [0.25, 0.3) is 0 Å². The molecule has 2 atom stereocenters. The molecule has 1 fully saturated rings. The average Bonchev–Trinajstić information content (AvgIpc) is 2.65. The Hall–Kier alpha value is -2.01. The number of aliphatic carboxylic acids is 1. The van der Waals surface area contributed by atoms with Gasteiger partial charge >= 0.3 is 12.0 Å². The second-order valence-electron chi connectivity index (χ2n) is 10.0. The van der Waals surface area contributed by atoms with Crippen LogP contribution in [0.25, 0.3) is 0 Å². The number of carboxylic acids is 1. The van der Waals surface area contributed by atoms with Crippen LogP contribution in [0.15, 0.2) is 30.0 Å². The van der Waals surface area contributed by atoms with Gasteiger partial charge in [0.15, 0.2) is 0 Å². The summed E-state index contributed by atoms with van der Waals surface area (Å²) in [5.41, 5.74) is 2.95. The average molecular weight is 433 g/mol. The molecule has 0 spiro atoms. The zero-order chi connectivity index (χ0) is 22.1. The molecule has 2 amide bonds. The highest BCUT2D eigenvalue weighted by atomic mass is 35.5. The molecular weight excluding hydrogens is 400 g/mol. The van der Waals surface area contributed by atoms with Gasteiger partial charge < -0.3 is 15.3 Å². The van der Waals surface area contributed by atoms with E-state index in [9.17, 15) is 9.59 Å². The molecule has 0 saturated heterocycles. The normalized spacial score (nSPS) is 24.2. The van der Waals surface area contributed by atoms with Crippen LogP contribution >= 0.6 is 11.6 Å². The lowest BCUT2D eigenvalue weighted by Crippen LogP contribution is -2.57. The number of nitrogens with one attached hydrogen (secondary N) is 1. The zero-order valence-electron chi connectivity index (χ0n) is 18.4. The van der Waals surface area contributed by atoms with E-state index in [-0.39, 0.29) is 24.4 Å². The third-order valence-corrected chi connectivity index (χ3v) is 6.63. The fourth-order valence-electron chi connectivity index (χ4n) is 4.39. The van der Waals surface area contributed by atoms with Crippen LogP contribution in [0.1, 0.15) is 70.9 Å². The van der Waals surface area contributed by atoms with Crippen LogP contribution in [-0.2, 0) is 16.8 Å². The van der Waals surface area contributed by atoms with Crippen molar-refractivity contribution in [1.82, 2.24) is 10.2 Å². The molecule has 30 heavy (non-hydrogen) atoms. The molecule has 3 rings (SSSR count). The maximum atomic E-state index is 12.8. The minimum absolute atomic E-state index is 0.0753. The summed E-state index contributed by atoms with van der Waals surface area (Å²) in [6, 6.07) is 5.95. The summed E-state index contributed by atoms with van der Waals surface area (Å²) in [5.74, 6) is -0.394. The van der Waals surface area contributed by atoms with Gasteiger partial charge in [0.2, 0.25) is 0 Å². The highest BCUT2D eigenvalue weighted by Crippen LogP contribution is 2.46. The first kappa shape index (κ1) is 22.7. The molecule has 1 aromatic rings. The number of aryl methyl sites for hydroxylation is 1. The number of nitrogens with zero attached hydrogens (tertiary/aromatic N) is 1. The van der Waals surface area contributed by atoms with Crippen LogP contribution in [0, 0.1) is 11.3 Å². The molecule has 0 bridgehead atoms. The van der Waals surface area contributed by atoms with Gasteiger partial charge in [0, 0.05) is 17.8 Å². The molecule has 5 nitrogen and oxygen atoms in total. The predicted molar refractivity (Wildman–Crippen MR) is 119 cm³/mol. The Kier molecular flexibility index (Phi) is 6.51. The molecule has 1 unspecified atom stereocenters. The SMILES string of the molecule is CC1CC[C@@]2(c3ccc(CCC(C)(C)C)c(Cl)c3)NC(=O)N(CCC(=O)O)C=C2C1. The number of fused-ring (bicyclic) bond motifs is 1. The van der Waals surface area contributed by atoms with Crippen LogP contribution in [0.2, 0.25) is 5.02 Å². The van der Waals surface area contributed by atoms with Gasteiger partial charge in [-0.1, -0.05) is 51.4 Å². The van der Waals surface area contributed by atoms with Crippen molar-refractivity contribution in [1.29, 1.82) is 0 Å². The molecule has 0 radical (unpaired) electrons. The maximum absolute atomic E-state index is 12.8. The summed E-state index contributed by atoms with van der Waals surface area (Å²) in [7, 11) is 0. The second-order valence-corrected chi connectivity index (χ2v) is 10.4. The molecule has 1 aliphatic carbocycles. The molecule has 1 aromatic carbocycles. The molecule has 1 aliphatic heterocycles. The van der Waals surface area contributed by atoms with Crippen molar-refractivity contribution in [2.24, 2.45) is 11.3 Å². The number of carboxylic acid groups (broad SMARTS) is 1. The molecule has 0 aromatic heterocycles. The van der Waals surface area contributed by atoms with E-state index in [1.54, 1.807) is 0 Å². The molecule has 6 heteroatoms. The van der Waals surface area contributed by atoms with E-state index >= 15 is 0 Å². The van der Waals surface area contributed by atoms with Gasteiger partial charge in [-0.15, -0.1) is 0 Å². The standard InChI is InChI=1S/C24H33ClN2O3/c1-16-7-11-24(18-6-5-17(20(25)14-18)8-10-23(2,3)4)19(13-16)15-27(22(30)26-24)12-9-21(28)29/h5-6,14-16H,7-13H2,1-4H3,(H,26,30)(H,28,29)/t16?,24-/m0/s1. The Morgan fingerprint density at radius 1 is 1.37 bits per heavy atom. The van der Waals surface area contributed by atoms with E-state index in [4.69, 9.17) is 16.7 Å². The van der Waals surface area contributed by atoms with Crippen LogP contribution in [0.4, 0.5) is 4.79 Å². The van der Waals surface area contributed by atoms with Crippen molar-refractivity contribution in [3.05, 3.63) is 46.1 Å². The van der Waals surface area contributed by atoms with Crippen molar-refractivity contribution in [3.8, 4) is 0 Å². The van der Waals surface area contributed by atoms with Crippen LogP contribution in [0.3, 0.4) is 0 Å². The third-order valence-electron chi connectivity index (χ3n) is 6.28. The molecule has 2 aliphatic rings. The van der Waals surface area contributed by atoms with Crippen LogP contribution in [0.5, 0.6) is 0 Å². The second kappa shape index (κ2) is 8.62. The van der Waals surface area contributed by atoms with Crippen molar-refractivity contribution in [2.45, 2.75) is 71.8 Å². The number of rotatable bonds is 6. The van der Waals surface area contributed by atoms with Crippen LogP contribution in [-0.4, -0.2) is 28.6 Å². The van der Waals surface area contributed by atoms with Crippen molar-refractivity contribution in [2.75, 3.05) is 6.54 Å². The summed E-state index contributed by atoms with van der Waals surface area (Å²) in [5, 5.41) is 12.9. The van der Waals surface area contributed by atoms with Crippen molar-refractivity contribution in [3.63, 3.8) is 0 Å². The monoisotopic (exact) mass is 432 g/mol. The summed E-state index contributed by atoms with van der Waals surface area (Å²) in [6.45, 7) is 9.06. The lowest BCUT2D eigenvalue weighted by atomic mass is 9.69. The zero-order valence-corrected chi connectivity index (χ0v) is 19.2. The Bertz CT molecular complexity index is 858. The molecule has 1 heterocycles. The lowest BCUT2D eigenvalue weighted by molar-refractivity contribution is -0.137. The number of amides is 2. The smallest absolute Gasteiger partial charge is 0.322 e. The fraction of sp³-hybridized carbons (Fsp3) is 0.583. The van der Waals surface area contributed by atoms with Crippen molar-refractivity contribution >= 4 is 23.6 Å². The number of carbonyl (C=O) groups excluding carboxylic acids is 1. The van der Waals surface area contributed by atoms with Gasteiger partial charge in [-0.2, -0.15) is 0 Å². The number of hydrogen-bond acceptors (Lipinski definition) is 2. The molecule has 1 saturated carbocycles. The Morgan fingerprint density at radius 3 is 2.73 bits per heavy atom. The first-order valence-electron chi connectivity index (χ1n) is 10.8. The van der Waals surface area contributed by atoms with Gasteiger partial charge in [0.1, 0.15) is 0 Å². The van der Waals surface area contributed by atoms with Gasteiger partial charge in [-0.05, 0) is 66.2 Å². The highest BCUT2D eigenvalue weighted by Gasteiger charge is 2.45. The first-order chi connectivity index (χ1) is 14.0. The van der Waals surface area contributed by atoms with Crippen LogP contribution < -0.4 is 5.32 Å². The number of carbonyl (C=O) groups is 2. The number of hydrogen-bond donors (Lipinski definition) is 2. The number of urea groups is 1. The Labute approximate surface area is 184 Å². The van der Waals surface area contributed by atoms with E-state index in [1.807, 2.05) is 12.3 Å². The summed E-state index contributed by atoms with van der Waals surface area (Å²) < 4.78 is 0. The topological polar surface area (TPSA) is 69.6 Å². The first-order valence-corrected chi connectivity index (χ1v) is 11.2. The largest absolute Gasteiger partial charge is 0.481 e. The van der Waals surface area contributed by atoms with E-state index in [2.05, 4.69) is 45.1 Å². The van der Waals surface area contributed by atoms with E-state index < -0.39 is 11.5 Å². The van der Waals surface area contributed by atoms with Gasteiger partial charge in [0.05, 0.1) is 12.0 Å². The summed E-state index contributed by atoms with van der Waals surface area (Å²) >= 11 is 6.68. The number of halogens is 1. The molecule has 2 N–H and O–H groups in total. The Balaban J connectivity index is 1.92. The quantitative estimate of drug-likeness (QED) is 0.604. The minimum Gasteiger partial charge on any atom is -0.481 e. The molecule has 164 valence electrons. The summed E-state index contributed by atoms with van der Waals surface area (Å²) in [6.07, 6.45) is 6.46. The Morgan fingerprint density at radius 2 is 2.10 bits per heavy atom. The van der Waals surface area contributed by atoms with E-state index in [0.29, 0.717) is 5.92 Å². The van der Waals surface area contributed by atoms with Gasteiger partial charge in [-0.25, -0.2) is 4.79 Å². The molecular formula is C24H33ClN2O3. The van der Waals surface area contributed by atoms with Gasteiger partial charge in [-0.3, -0.25) is 4.79 Å². The van der Waals surface area contributed by atoms with Crippen molar-refractivity contribution < 1.29 is 14.7 Å². The van der Waals surface area contributed by atoms with E-state index in [1.165, 1.54) is 4.90 Å². The third kappa shape index (κ3) is 5.00. The minimum atomic E-state index is -0.910. The summed E-state index contributed by atoms with van der Waals surface area (Å²) in [4.78, 5) is 25.3. The van der Waals surface area contributed by atoms with E-state index in [0.717, 1.165) is 53.8 Å². The lowest BCUT2D eigenvalue weighted by Gasteiger charge is -2.47. The highest BCUT2D eigenvalue weighted by molar-refractivity contribution is 6.31.